The predicted molar refractivity (Wildman–Crippen MR) is 96.5 cm³/mol. The van der Waals surface area contributed by atoms with Gasteiger partial charge >= 0.3 is 0 Å². The van der Waals surface area contributed by atoms with Crippen molar-refractivity contribution in [2.24, 2.45) is 0 Å². The molecule has 8 nitrogen and oxygen atoms in total. The van der Waals surface area contributed by atoms with Crippen LogP contribution >= 0.6 is 0 Å². The number of hydrogen-bond donors (Lipinski definition) is 2. The Hall–Kier alpha value is -2.45. The van der Waals surface area contributed by atoms with Crippen molar-refractivity contribution in [2.45, 2.75) is 6.42 Å². The predicted octanol–water partition coefficient (Wildman–Crippen LogP) is 1.76. The topological polar surface area (TPSA) is 84.4 Å². The second-order valence-electron chi connectivity index (χ2n) is 5.71. The number of morpholine rings is 1. The van der Waals surface area contributed by atoms with Crippen LogP contribution in [0.25, 0.3) is 0 Å². The van der Waals surface area contributed by atoms with E-state index in [0.29, 0.717) is 11.8 Å². The average molecular weight is 344 g/mol. The summed E-state index contributed by atoms with van der Waals surface area (Å²) in [5.41, 5.74) is 0.810. The van der Waals surface area contributed by atoms with Crippen molar-refractivity contribution < 1.29 is 9.47 Å². The number of aromatic nitrogens is 3. The molecule has 2 aromatic heterocycles. The van der Waals surface area contributed by atoms with Gasteiger partial charge in [0.1, 0.15) is 5.82 Å². The Morgan fingerprint density at radius 2 is 2.08 bits per heavy atom. The molecule has 1 aliphatic rings. The maximum Gasteiger partial charge on any atom is 0.229 e. The molecule has 0 saturated carbocycles. The van der Waals surface area contributed by atoms with Gasteiger partial charge in [0.25, 0.3) is 0 Å². The lowest BCUT2D eigenvalue weighted by atomic mass is 10.3. The Labute approximate surface area is 147 Å². The van der Waals surface area contributed by atoms with Crippen LogP contribution in [0.4, 0.5) is 17.5 Å². The zero-order chi connectivity index (χ0) is 17.3. The minimum atomic E-state index is 0.533. The van der Waals surface area contributed by atoms with Crippen molar-refractivity contribution >= 4 is 17.5 Å². The normalized spacial score (nSPS) is 14.9. The molecule has 0 bridgehead atoms. The number of hydrogen-bond acceptors (Lipinski definition) is 8. The van der Waals surface area contributed by atoms with Crippen LogP contribution in [0.1, 0.15) is 6.42 Å². The van der Waals surface area contributed by atoms with E-state index >= 15 is 0 Å². The number of ether oxygens (including phenoxy) is 2. The summed E-state index contributed by atoms with van der Waals surface area (Å²) in [5.74, 6) is 1.91. The number of pyridine rings is 1. The second-order valence-corrected chi connectivity index (χ2v) is 5.71. The van der Waals surface area contributed by atoms with E-state index in [1.54, 1.807) is 25.6 Å². The van der Waals surface area contributed by atoms with Crippen molar-refractivity contribution in [3.05, 3.63) is 30.6 Å². The quantitative estimate of drug-likeness (QED) is 0.701. The molecule has 25 heavy (non-hydrogen) atoms. The summed E-state index contributed by atoms with van der Waals surface area (Å²) in [4.78, 5) is 15.3. The van der Waals surface area contributed by atoms with E-state index in [2.05, 4.69) is 30.5 Å². The first kappa shape index (κ1) is 17.4. The van der Waals surface area contributed by atoms with Crippen LogP contribution in [0.2, 0.25) is 0 Å². The summed E-state index contributed by atoms with van der Waals surface area (Å²) in [6.07, 6.45) is 4.48. The Bertz CT molecular complexity index is 646. The minimum absolute atomic E-state index is 0.533. The molecule has 134 valence electrons. The van der Waals surface area contributed by atoms with Gasteiger partial charge in [0, 0.05) is 31.9 Å². The van der Waals surface area contributed by atoms with Crippen molar-refractivity contribution in [1.82, 2.24) is 19.9 Å². The third kappa shape index (κ3) is 5.54. The summed E-state index contributed by atoms with van der Waals surface area (Å²) in [6, 6.07) is 5.53. The Kier molecular flexibility index (Phi) is 6.35. The molecule has 0 aromatic carbocycles. The molecule has 0 amide bonds. The molecule has 0 spiro atoms. The molecule has 0 atom stereocenters. The van der Waals surface area contributed by atoms with Gasteiger partial charge < -0.3 is 20.1 Å². The molecule has 1 saturated heterocycles. The summed E-state index contributed by atoms with van der Waals surface area (Å²) < 4.78 is 10.4. The highest BCUT2D eigenvalue weighted by Crippen LogP contribution is 2.15. The second kappa shape index (κ2) is 9.14. The fourth-order valence-electron chi connectivity index (χ4n) is 2.57. The van der Waals surface area contributed by atoms with Crippen molar-refractivity contribution in [3.8, 4) is 5.88 Å². The molecule has 1 aliphatic heterocycles. The first-order valence-corrected chi connectivity index (χ1v) is 8.47. The summed E-state index contributed by atoms with van der Waals surface area (Å²) in [7, 11) is 1.59. The fraction of sp³-hybridized carbons (Fsp3) is 0.471. The van der Waals surface area contributed by atoms with Gasteiger partial charge in [-0.15, -0.1) is 0 Å². The molecular formula is C17H24N6O2. The molecular weight excluding hydrogens is 320 g/mol. The Morgan fingerprint density at radius 3 is 2.84 bits per heavy atom. The van der Waals surface area contributed by atoms with Crippen LogP contribution in [0.5, 0.6) is 5.88 Å². The van der Waals surface area contributed by atoms with Gasteiger partial charge in [-0.05, 0) is 25.1 Å². The van der Waals surface area contributed by atoms with Crippen molar-refractivity contribution in [2.75, 3.05) is 57.1 Å². The van der Waals surface area contributed by atoms with Crippen molar-refractivity contribution in [1.29, 1.82) is 0 Å². The van der Waals surface area contributed by atoms with E-state index in [4.69, 9.17) is 9.47 Å². The van der Waals surface area contributed by atoms with E-state index in [0.717, 1.165) is 57.3 Å². The lowest BCUT2D eigenvalue weighted by molar-refractivity contribution is 0.0378. The molecule has 8 heteroatoms. The van der Waals surface area contributed by atoms with Crippen molar-refractivity contribution in [3.63, 3.8) is 0 Å². The first-order chi connectivity index (χ1) is 12.3. The van der Waals surface area contributed by atoms with Crippen LogP contribution in [0.15, 0.2) is 30.6 Å². The average Bonchev–Trinajstić information content (AvgIpc) is 2.67. The lowest BCUT2D eigenvalue weighted by Gasteiger charge is -2.26. The van der Waals surface area contributed by atoms with E-state index < -0.39 is 0 Å². The number of nitrogens with one attached hydrogen (secondary N) is 2. The van der Waals surface area contributed by atoms with Gasteiger partial charge in [0.2, 0.25) is 11.8 Å². The molecule has 2 N–H and O–H groups in total. The molecule has 2 aromatic rings. The van der Waals surface area contributed by atoms with E-state index in [9.17, 15) is 0 Å². The molecule has 3 rings (SSSR count). The van der Waals surface area contributed by atoms with Gasteiger partial charge in [-0.2, -0.15) is 4.98 Å². The van der Waals surface area contributed by atoms with Crippen LogP contribution < -0.4 is 15.4 Å². The van der Waals surface area contributed by atoms with Gasteiger partial charge in [-0.1, -0.05) is 0 Å². The van der Waals surface area contributed by atoms with Crippen LogP contribution in [-0.2, 0) is 4.74 Å². The highest BCUT2D eigenvalue weighted by atomic mass is 16.5. The van der Waals surface area contributed by atoms with Gasteiger partial charge in [0.05, 0.1) is 32.2 Å². The lowest BCUT2D eigenvalue weighted by Crippen LogP contribution is -2.37. The maximum absolute atomic E-state index is 5.36. The number of rotatable bonds is 8. The highest BCUT2D eigenvalue weighted by Gasteiger charge is 2.09. The molecule has 0 unspecified atom stereocenters. The monoisotopic (exact) mass is 344 g/mol. The number of anilines is 3. The third-order valence-electron chi connectivity index (χ3n) is 3.92. The summed E-state index contributed by atoms with van der Waals surface area (Å²) in [6.45, 7) is 5.68. The number of nitrogens with zero attached hydrogens (tertiary/aromatic N) is 4. The smallest absolute Gasteiger partial charge is 0.229 e. The van der Waals surface area contributed by atoms with Crippen LogP contribution in [0, 0.1) is 0 Å². The maximum atomic E-state index is 5.36. The summed E-state index contributed by atoms with van der Waals surface area (Å²) in [5, 5.41) is 6.48. The first-order valence-electron chi connectivity index (χ1n) is 8.47. The van der Waals surface area contributed by atoms with Crippen LogP contribution in [0.3, 0.4) is 0 Å². The molecule has 0 radical (unpaired) electrons. The Morgan fingerprint density at radius 1 is 1.20 bits per heavy atom. The highest BCUT2D eigenvalue weighted by molar-refractivity contribution is 5.53. The SMILES string of the molecule is COc1ccc(Nc2nccc(NCCCN3CCOCC3)n2)cn1. The minimum Gasteiger partial charge on any atom is -0.481 e. The third-order valence-corrected chi connectivity index (χ3v) is 3.92. The molecule has 0 aliphatic carbocycles. The molecule has 1 fully saturated rings. The van der Waals surface area contributed by atoms with E-state index in [1.807, 2.05) is 12.1 Å². The van der Waals surface area contributed by atoms with Gasteiger partial charge in [-0.3, -0.25) is 4.90 Å². The summed E-state index contributed by atoms with van der Waals surface area (Å²) >= 11 is 0. The van der Waals surface area contributed by atoms with E-state index in [1.165, 1.54) is 0 Å². The molecule has 3 heterocycles. The standard InChI is InChI=1S/C17H24N6O2/c1-24-16-4-3-14(13-20-16)21-17-19-7-5-15(22-17)18-6-2-8-23-9-11-25-12-10-23/h3-5,7,13H,2,6,8-12H2,1H3,(H2,18,19,21,22). The van der Waals surface area contributed by atoms with E-state index in [-0.39, 0.29) is 0 Å². The van der Waals surface area contributed by atoms with Gasteiger partial charge in [-0.25, -0.2) is 9.97 Å². The number of methoxy groups -OCH3 is 1. The van der Waals surface area contributed by atoms with Gasteiger partial charge in [0.15, 0.2) is 0 Å². The Balaban J connectivity index is 1.45. The van der Waals surface area contributed by atoms with Crippen LogP contribution in [-0.4, -0.2) is 66.4 Å². The largest absolute Gasteiger partial charge is 0.481 e. The zero-order valence-corrected chi connectivity index (χ0v) is 14.4. The fourth-order valence-corrected chi connectivity index (χ4v) is 2.57. The zero-order valence-electron chi connectivity index (χ0n) is 14.4.